The minimum atomic E-state index is -2.32. The molecule has 9 heteroatoms. The van der Waals surface area contributed by atoms with Gasteiger partial charge in [-0.3, -0.25) is 0 Å². The maximum absolute atomic E-state index is 13.9. The zero-order valence-corrected chi connectivity index (χ0v) is 12.9. The second kappa shape index (κ2) is 5.76. The van der Waals surface area contributed by atoms with E-state index in [1.807, 2.05) is 0 Å². The summed E-state index contributed by atoms with van der Waals surface area (Å²) in [5, 5.41) is 0.138. The van der Waals surface area contributed by atoms with E-state index < -0.39 is 46.8 Å². The standard InChI is InChI=1S/C18H5F5O4/c19-11-12(20)14(22)16(15(23)13(11)21)26-9-5-4-8-10-6(9)2-1-3-7(10)17(24)27-18(8)25/h1-5H. The Morgan fingerprint density at radius 3 is 1.89 bits per heavy atom. The first-order chi connectivity index (χ1) is 12.8. The molecule has 4 nitrogen and oxygen atoms in total. The molecular weight excluding hydrogens is 375 g/mol. The van der Waals surface area contributed by atoms with Crippen LogP contribution in [0.2, 0.25) is 0 Å². The SMILES string of the molecule is O=C1OC(=O)c2ccc(Oc3c(F)c(F)c(F)c(F)c3F)c3cccc1c23. The van der Waals surface area contributed by atoms with Crippen molar-refractivity contribution in [3.63, 3.8) is 0 Å². The first-order valence-electron chi connectivity index (χ1n) is 7.32. The van der Waals surface area contributed by atoms with Crippen LogP contribution in [0.25, 0.3) is 10.8 Å². The molecule has 1 heterocycles. The van der Waals surface area contributed by atoms with Crippen LogP contribution in [0.4, 0.5) is 22.0 Å². The van der Waals surface area contributed by atoms with Gasteiger partial charge >= 0.3 is 11.9 Å². The summed E-state index contributed by atoms with van der Waals surface area (Å²) in [5.41, 5.74) is -0.0186. The third kappa shape index (κ3) is 2.35. The molecule has 4 rings (SSSR count). The molecule has 0 aliphatic carbocycles. The maximum atomic E-state index is 13.9. The molecule has 3 aromatic rings. The lowest BCUT2D eigenvalue weighted by molar-refractivity contribution is 0.0391. The van der Waals surface area contributed by atoms with E-state index in [9.17, 15) is 31.5 Å². The van der Waals surface area contributed by atoms with E-state index in [1.165, 1.54) is 18.2 Å². The summed E-state index contributed by atoms with van der Waals surface area (Å²) in [5.74, 6) is -14.6. The number of rotatable bonds is 2. The summed E-state index contributed by atoms with van der Waals surface area (Å²) < 4.78 is 77.2. The van der Waals surface area contributed by atoms with E-state index in [-0.39, 0.29) is 27.6 Å². The predicted molar refractivity (Wildman–Crippen MR) is 80.0 cm³/mol. The summed E-state index contributed by atoms with van der Waals surface area (Å²) in [7, 11) is 0. The molecule has 0 fully saturated rings. The first kappa shape index (κ1) is 17.0. The minimum absolute atomic E-state index is 0.00930. The molecule has 0 spiro atoms. The van der Waals surface area contributed by atoms with E-state index in [1.54, 1.807) is 0 Å². The van der Waals surface area contributed by atoms with Crippen LogP contribution in [0.15, 0.2) is 30.3 Å². The van der Waals surface area contributed by atoms with Crippen molar-refractivity contribution in [1.29, 1.82) is 0 Å². The number of carbonyl (C=O) groups excluding carboxylic acids is 2. The molecule has 0 aromatic heterocycles. The first-order valence-corrected chi connectivity index (χ1v) is 7.32. The third-order valence-electron chi connectivity index (χ3n) is 4.01. The summed E-state index contributed by atoms with van der Waals surface area (Å²) in [4.78, 5) is 23.7. The van der Waals surface area contributed by atoms with Crippen LogP contribution in [0.3, 0.4) is 0 Å². The van der Waals surface area contributed by atoms with Crippen LogP contribution in [0.5, 0.6) is 11.5 Å². The summed E-state index contributed by atoms with van der Waals surface area (Å²) in [6.45, 7) is 0. The van der Waals surface area contributed by atoms with Crippen molar-refractivity contribution in [1.82, 2.24) is 0 Å². The molecule has 0 unspecified atom stereocenters. The van der Waals surface area contributed by atoms with Gasteiger partial charge in [0.1, 0.15) is 5.75 Å². The van der Waals surface area contributed by atoms with Crippen molar-refractivity contribution < 1.29 is 41.0 Å². The number of esters is 2. The van der Waals surface area contributed by atoms with Gasteiger partial charge in [0.05, 0.1) is 11.1 Å². The molecule has 27 heavy (non-hydrogen) atoms. The molecular formula is C18H5F5O4. The van der Waals surface area contributed by atoms with Crippen molar-refractivity contribution in [2.75, 3.05) is 0 Å². The van der Waals surface area contributed by atoms with Crippen LogP contribution in [-0.2, 0) is 4.74 Å². The van der Waals surface area contributed by atoms with E-state index in [4.69, 9.17) is 4.74 Å². The van der Waals surface area contributed by atoms with Crippen molar-refractivity contribution in [3.8, 4) is 11.5 Å². The van der Waals surface area contributed by atoms with Gasteiger partial charge in [0.2, 0.25) is 34.8 Å². The number of carbonyl (C=O) groups is 2. The zero-order chi connectivity index (χ0) is 19.5. The monoisotopic (exact) mass is 380 g/mol. The van der Waals surface area contributed by atoms with Gasteiger partial charge in [-0.25, -0.2) is 22.8 Å². The van der Waals surface area contributed by atoms with Crippen LogP contribution in [0, 0.1) is 29.1 Å². The molecule has 1 aliphatic heterocycles. The fourth-order valence-corrected chi connectivity index (χ4v) is 2.79. The Hall–Kier alpha value is -3.49. The Balaban J connectivity index is 1.95. The predicted octanol–water partition coefficient (Wildman–Crippen LogP) is 4.64. The highest BCUT2D eigenvalue weighted by Gasteiger charge is 2.30. The number of benzene rings is 3. The largest absolute Gasteiger partial charge is 0.450 e. The highest BCUT2D eigenvalue weighted by molar-refractivity contribution is 6.21. The number of hydrogen-bond donors (Lipinski definition) is 0. The van der Waals surface area contributed by atoms with Crippen LogP contribution < -0.4 is 4.74 Å². The average Bonchev–Trinajstić information content (AvgIpc) is 2.66. The highest BCUT2D eigenvalue weighted by Crippen LogP contribution is 2.39. The fraction of sp³-hybridized carbons (Fsp3) is 0. The molecule has 0 amide bonds. The number of hydrogen-bond acceptors (Lipinski definition) is 4. The van der Waals surface area contributed by atoms with E-state index >= 15 is 0 Å². The van der Waals surface area contributed by atoms with Crippen molar-refractivity contribution >= 4 is 22.7 Å². The number of ether oxygens (including phenoxy) is 2. The Kier molecular flexibility index (Phi) is 3.62. The molecule has 0 radical (unpaired) electrons. The van der Waals surface area contributed by atoms with E-state index in [2.05, 4.69) is 4.74 Å². The second-order valence-corrected chi connectivity index (χ2v) is 5.52. The van der Waals surface area contributed by atoms with Gasteiger partial charge in [0.15, 0.2) is 0 Å². The molecule has 136 valence electrons. The molecule has 0 saturated heterocycles. The van der Waals surface area contributed by atoms with Gasteiger partial charge < -0.3 is 9.47 Å². The normalized spacial score (nSPS) is 13.1. The molecule has 0 N–H and O–H groups in total. The molecule has 3 aromatic carbocycles. The highest BCUT2D eigenvalue weighted by atomic mass is 19.2. The second-order valence-electron chi connectivity index (χ2n) is 5.52. The maximum Gasteiger partial charge on any atom is 0.346 e. The summed E-state index contributed by atoms with van der Waals surface area (Å²) >= 11 is 0. The topological polar surface area (TPSA) is 52.6 Å². The van der Waals surface area contributed by atoms with Gasteiger partial charge in [0, 0.05) is 10.8 Å². The quantitative estimate of drug-likeness (QED) is 0.214. The lowest BCUT2D eigenvalue weighted by Gasteiger charge is -2.18. The molecule has 0 saturated carbocycles. The van der Waals surface area contributed by atoms with Crippen molar-refractivity contribution in [2.45, 2.75) is 0 Å². The summed E-state index contributed by atoms with van der Waals surface area (Å²) in [6, 6.07) is 6.33. The smallest absolute Gasteiger partial charge is 0.346 e. The van der Waals surface area contributed by atoms with E-state index in [0.717, 1.165) is 12.1 Å². The van der Waals surface area contributed by atoms with Gasteiger partial charge in [0.25, 0.3) is 0 Å². The lowest BCUT2D eigenvalue weighted by Crippen LogP contribution is -2.19. The fourth-order valence-electron chi connectivity index (χ4n) is 2.79. The average molecular weight is 380 g/mol. The van der Waals surface area contributed by atoms with Crippen molar-refractivity contribution in [2.24, 2.45) is 0 Å². The molecule has 0 atom stereocenters. The van der Waals surface area contributed by atoms with Crippen LogP contribution in [0.1, 0.15) is 20.7 Å². The van der Waals surface area contributed by atoms with Gasteiger partial charge in [-0.05, 0) is 18.2 Å². The Morgan fingerprint density at radius 1 is 0.704 bits per heavy atom. The number of halogens is 5. The van der Waals surface area contributed by atoms with Gasteiger partial charge in [-0.1, -0.05) is 12.1 Å². The Bertz CT molecular complexity index is 1120. The molecule has 1 aliphatic rings. The molecule has 0 bridgehead atoms. The van der Waals surface area contributed by atoms with E-state index in [0.29, 0.717) is 0 Å². The zero-order valence-electron chi connectivity index (χ0n) is 12.9. The summed E-state index contributed by atoms with van der Waals surface area (Å²) in [6.07, 6.45) is 0. The third-order valence-corrected chi connectivity index (χ3v) is 4.01. The Morgan fingerprint density at radius 2 is 1.26 bits per heavy atom. The lowest BCUT2D eigenvalue weighted by atomic mass is 9.96. The Labute approximate surface area is 146 Å². The van der Waals surface area contributed by atoms with Crippen LogP contribution >= 0.6 is 0 Å². The van der Waals surface area contributed by atoms with Gasteiger partial charge in [-0.15, -0.1) is 0 Å². The minimum Gasteiger partial charge on any atom is -0.450 e. The van der Waals surface area contributed by atoms with Crippen LogP contribution in [-0.4, -0.2) is 11.9 Å². The van der Waals surface area contributed by atoms with Gasteiger partial charge in [-0.2, -0.15) is 8.78 Å². The number of cyclic esters (lactones) is 2. The van der Waals surface area contributed by atoms with Crippen molar-refractivity contribution in [3.05, 3.63) is 70.5 Å².